The molecule has 1 aromatic rings. The van der Waals surface area contributed by atoms with E-state index in [4.69, 9.17) is 0 Å². The maximum atomic E-state index is 12.8. The lowest BCUT2D eigenvalue weighted by atomic mass is 10.2. The first kappa shape index (κ1) is 13.3. The predicted molar refractivity (Wildman–Crippen MR) is 58.2 cm³/mol. The van der Waals surface area contributed by atoms with Gasteiger partial charge in [-0.15, -0.1) is 0 Å². The fourth-order valence-electron chi connectivity index (χ4n) is 1.10. The van der Waals surface area contributed by atoms with Crippen LogP contribution in [0.2, 0.25) is 0 Å². The summed E-state index contributed by atoms with van der Waals surface area (Å²) in [6, 6.07) is 0.838. The zero-order valence-electron chi connectivity index (χ0n) is 9.48. The molecule has 0 radical (unpaired) electrons. The van der Waals surface area contributed by atoms with Crippen LogP contribution in [0.4, 0.5) is 23.7 Å². The molecule has 1 aromatic carbocycles. The number of carbonyl (C=O) groups excluding carboxylic acids is 1. The lowest BCUT2D eigenvalue weighted by Gasteiger charge is -2.09. The molecule has 94 valence electrons. The Balaban J connectivity index is 2.66. The maximum Gasteiger partial charge on any atom is 0.319 e. The van der Waals surface area contributed by atoms with Crippen molar-refractivity contribution >= 4 is 11.7 Å². The lowest BCUT2D eigenvalue weighted by Crippen LogP contribution is -2.31. The van der Waals surface area contributed by atoms with Crippen molar-refractivity contribution in [3.8, 4) is 0 Å². The van der Waals surface area contributed by atoms with Crippen molar-refractivity contribution in [2.75, 3.05) is 11.9 Å². The average Bonchev–Trinajstić information content (AvgIpc) is 2.23. The summed E-state index contributed by atoms with van der Waals surface area (Å²) in [5.41, 5.74) is -0.136. The van der Waals surface area contributed by atoms with Gasteiger partial charge in [-0.1, -0.05) is 13.8 Å². The van der Waals surface area contributed by atoms with Crippen LogP contribution < -0.4 is 10.6 Å². The average molecular weight is 246 g/mol. The number of nitrogens with one attached hydrogen (secondary N) is 2. The van der Waals surface area contributed by atoms with Crippen LogP contribution in [0.3, 0.4) is 0 Å². The second kappa shape index (κ2) is 5.56. The van der Waals surface area contributed by atoms with Crippen molar-refractivity contribution in [1.29, 1.82) is 0 Å². The molecule has 17 heavy (non-hydrogen) atoms. The van der Waals surface area contributed by atoms with E-state index in [-0.39, 0.29) is 11.6 Å². The fraction of sp³-hybridized carbons (Fsp3) is 0.364. The highest BCUT2D eigenvalue weighted by atomic mass is 19.2. The van der Waals surface area contributed by atoms with E-state index in [1.165, 1.54) is 0 Å². The number of rotatable bonds is 3. The highest BCUT2D eigenvalue weighted by Gasteiger charge is 2.11. The Kier molecular flexibility index (Phi) is 4.37. The van der Waals surface area contributed by atoms with Crippen molar-refractivity contribution in [2.45, 2.75) is 13.8 Å². The van der Waals surface area contributed by atoms with Crippen molar-refractivity contribution < 1.29 is 18.0 Å². The fourth-order valence-corrected chi connectivity index (χ4v) is 1.10. The van der Waals surface area contributed by atoms with Crippen LogP contribution in [0.5, 0.6) is 0 Å². The summed E-state index contributed by atoms with van der Waals surface area (Å²) >= 11 is 0. The molecule has 0 fully saturated rings. The second-order valence-electron chi connectivity index (χ2n) is 3.98. The molecule has 0 saturated carbocycles. The molecule has 1 rings (SSSR count). The van der Waals surface area contributed by atoms with Gasteiger partial charge in [-0.25, -0.2) is 18.0 Å². The van der Waals surface area contributed by atoms with Crippen LogP contribution in [0, 0.1) is 23.4 Å². The summed E-state index contributed by atoms with van der Waals surface area (Å²) in [5.74, 6) is -3.99. The van der Waals surface area contributed by atoms with E-state index in [0.29, 0.717) is 18.7 Å². The highest BCUT2D eigenvalue weighted by Crippen LogP contribution is 2.17. The number of amides is 2. The van der Waals surface area contributed by atoms with Crippen molar-refractivity contribution in [3.05, 3.63) is 29.6 Å². The van der Waals surface area contributed by atoms with Crippen LogP contribution >= 0.6 is 0 Å². The van der Waals surface area contributed by atoms with Gasteiger partial charge in [0.2, 0.25) is 0 Å². The van der Waals surface area contributed by atoms with E-state index in [9.17, 15) is 18.0 Å². The Morgan fingerprint density at radius 1 is 1.24 bits per heavy atom. The standard InChI is InChI=1S/C11H13F3N2O/c1-6(2)5-15-11(17)16-7-3-8(12)10(14)9(13)4-7/h3-4,6H,5H2,1-2H3,(H2,15,16,17). The SMILES string of the molecule is CC(C)CNC(=O)Nc1cc(F)c(F)c(F)c1. The summed E-state index contributed by atoms with van der Waals surface area (Å²) in [5, 5.41) is 4.70. The number of hydrogen-bond acceptors (Lipinski definition) is 1. The molecule has 0 saturated heterocycles. The molecule has 0 heterocycles. The minimum Gasteiger partial charge on any atom is -0.338 e. The molecule has 2 N–H and O–H groups in total. The number of halogens is 3. The van der Waals surface area contributed by atoms with Crippen LogP contribution in [-0.4, -0.2) is 12.6 Å². The molecule has 0 aliphatic carbocycles. The van der Waals surface area contributed by atoms with Crippen LogP contribution in [-0.2, 0) is 0 Å². The van der Waals surface area contributed by atoms with Crippen molar-refractivity contribution in [3.63, 3.8) is 0 Å². The topological polar surface area (TPSA) is 41.1 Å². The molecule has 0 aliphatic rings. The van der Waals surface area contributed by atoms with Gasteiger partial charge >= 0.3 is 6.03 Å². The van der Waals surface area contributed by atoms with E-state index in [0.717, 1.165) is 0 Å². The first-order valence-electron chi connectivity index (χ1n) is 5.09. The van der Waals surface area contributed by atoms with Gasteiger partial charge < -0.3 is 10.6 Å². The first-order valence-corrected chi connectivity index (χ1v) is 5.09. The highest BCUT2D eigenvalue weighted by molar-refractivity contribution is 5.89. The summed E-state index contributed by atoms with van der Waals surface area (Å²) in [6.07, 6.45) is 0. The Bertz CT molecular complexity index is 398. The molecule has 0 bridgehead atoms. The van der Waals surface area contributed by atoms with Crippen molar-refractivity contribution in [1.82, 2.24) is 5.32 Å². The Morgan fingerprint density at radius 3 is 2.24 bits per heavy atom. The van der Waals surface area contributed by atoms with E-state index >= 15 is 0 Å². The summed E-state index contributed by atoms with van der Waals surface area (Å²) < 4.78 is 38.3. The molecular formula is C11H13F3N2O. The summed E-state index contributed by atoms with van der Waals surface area (Å²) in [4.78, 5) is 11.3. The molecule has 0 aromatic heterocycles. The van der Waals surface area contributed by atoms with E-state index in [1.54, 1.807) is 0 Å². The number of anilines is 1. The number of carbonyl (C=O) groups is 1. The third kappa shape index (κ3) is 3.97. The van der Waals surface area contributed by atoms with E-state index in [1.807, 2.05) is 13.8 Å². The van der Waals surface area contributed by atoms with Gasteiger partial charge in [0, 0.05) is 24.4 Å². The molecule has 0 atom stereocenters. The zero-order chi connectivity index (χ0) is 13.0. The van der Waals surface area contributed by atoms with Gasteiger partial charge in [0.1, 0.15) is 0 Å². The first-order chi connectivity index (χ1) is 7.90. The minimum absolute atomic E-state index is 0.136. The number of urea groups is 1. The van der Waals surface area contributed by atoms with Crippen LogP contribution in [0.15, 0.2) is 12.1 Å². The molecule has 0 aliphatic heterocycles. The Morgan fingerprint density at radius 2 is 1.76 bits per heavy atom. The zero-order valence-corrected chi connectivity index (χ0v) is 9.48. The monoisotopic (exact) mass is 246 g/mol. The summed E-state index contributed by atoms with van der Waals surface area (Å²) in [7, 11) is 0. The van der Waals surface area contributed by atoms with Gasteiger partial charge in [0.15, 0.2) is 17.5 Å². The summed E-state index contributed by atoms with van der Waals surface area (Å²) in [6.45, 7) is 4.23. The van der Waals surface area contributed by atoms with Gasteiger partial charge in [-0.05, 0) is 5.92 Å². The number of hydrogen-bond donors (Lipinski definition) is 2. The van der Waals surface area contributed by atoms with E-state index in [2.05, 4.69) is 10.6 Å². The molecule has 2 amide bonds. The van der Waals surface area contributed by atoms with Crippen LogP contribution in [0.25, 0.3) is 0 Å². The van der Waals surface area contributed by atoms with Crippen molar-refractivity contribution in [2.24, 2.45) is 5.92 Å². The quantitative estimate of drug-likeness (QED) is 0.791. The smallest absolute Gasteiger partial charge is 0.319 e. The van der Waals surface area contributed by atoms with Gasteiger partial charge in [-0.3, -0.25) is 0 Å². The van der Waals surface area contributed by atoms with Gasteiger partial charge in [0.25, 0.3) is 0 Å². The molecular weight excluding hydrogens is 233 g/mol. The largest absolute Gasteiger partial charge is 0.338 e. The predicted octanol–water partition coefficient (Wildman–Crippen LogP) is 2.88. The van der Waals surface area contributed by atoms with Crippen LogP contribution in [0.1, 0.15) is 13.8 Å². The third-order valence-electron chi connectivity index (χ3n) is 1.91. The Hall–Kier alpha value is -1.72. The normalized spacial score (nSPS) is 10.5. The lowest BCUT2D eigenvalue weighted by molar-refractivity contribution is 0.251. The molecule has 0 unspecified atom stereocenters. The molecule has 3 nitrogen and oxygen atoms in total. The Labute approximate surface area is 97.0 Å². The minimum atomic E-state index is -1.56. The second-order valence-corrected chi connectivity index (χ2v) is 3.98. The number of benzene rings is 1. The molecule has 6 heteroatoms. The third-order valence-corrected chi connectivity index (χ3v) is 1.91. The molecule has 0 spiro atoms. The van der Waals surface area contributed by atoms with E-state index < -0.39 is 23.5 Å². The van der Waals surface area contributed by atoms with Gasteiger partial charge in [0.05, 0.1) is 0 Å². The maximum absolute atomic E-state index is 12.8. The van der Waals surface area contributed by atoms with Gasteiger partial charge in [-0.2, -0.15) is 0 Å².